The molecule has 0 aliphatic carbocycles. The number of amides is 1. The van der Waals surface area contributed by atoms with Gasteiger partial charge in [-0.2, -0.15) is 0 Å². The Morgan fingerprint density at radius 2 is 1.90 bits per heavy atom. The molecule has 1 atom stereocenters. The predicted octanol–water partition coefficient (Wildman–Crippen LogP) is 2.73. The minimum Gasteiger partial charge on any atom is -0.452 e. The maximum absolute atomic E-state index is 13.1. The number of para-hydroxylation sites is 1. The van der Waals surface area contributed by atoms with Crippen LogP contribution in [0, 0.1) is 5.82 Å². The summed E-state index contributed by atoms with van der Waals surface area (Å²) in [7, 11) is -3.38. The molecule has 1 aliphatic heterocycles. The Kier molecular flexibility index (Phi) is 6.23. The predicted molar refractivity (Wildman–Crippen MR) is 107 cm³/mol. The van der Waals surface area contributed by atoms with Crippen molar-refractivity contribution in [3.05, 3.63) is 83.5 Å². The fourth-order valence-corrected chi connectivity index (χ4v) is 4.12. The number of carbonyl (C=O) groups is 2. The number of halogens is 1. The number of rotatable bonds is 6. The Hall–Kier alpha value is -3.26. The quantitative estimate of drug-likeness (QED) is 0.535. The SMILES string of the molecule is O=C(/C=C/c1cccc(F)c1)OCC(=O)N(c1ccccc1)C1C=CS(=O)(=O)C1. The highest BCUT2D eigenvalue weighted by Crippen LogP contribution is 2.22. The number of sulfone groups is 1. The van der Waals surface area contributed by atoms with Crippen molar-refractivity contribution in [3.63, 3.8) is 0 Å². The fourth-order valence-electron chi connectivity index (χ4n) is 2.85. The van der Waals surface area contributed by atoms with Gasteiger partial charge in [0.15, 0.2) is 16.4 Å². The second kappa shape index (κ2) is 8.83. The summed E-state index contributed by atoms with van der Waals surface area (Å²) in [6.07, 6.45) is 3.90. The van der Waals surface area contributed by atoms with Gasteiger partial charge in [0.1, 0.15) is 5.82 Å². The number of ether oxygens (including phenoxy) is 1. The fraction of sp³-hybridized carbons (Fsp3) is 0.143. The normalized spacial score (nSPS) is 17.3. The maximum Gasteiger partial charge on any atom is 0.331 e. The molecule has 1 unspecified atom stereocenters. The zero-order chi connectivity index (χ0) is 20.9. The van der Waals surface area contributed by atoms with Crippen molar-refractivity contribution in [2.75, 3.05) is 17.3 Å². The number of nitrogens with zero attached hydrogens (tertiary/aromatic N) is 1. The summed E-state index contributed by atoms with van der Waals surface area (Å²) < 4.78 is 41.7. The highest BCUT2D eigenvalue weighted by Gasteiger charge is 2.31. The molecule has 2 aromatic carbocycles. The van der Waals surface area contributed by atoms with Gasteiger partial charge in [-0.05, 0) is 42.0 Å². The Balaban J connectivity index is 1.67. The molecule has 0 saturated heterocycles. The Bertz CT molecular complexity index is 1060. The molecule has 150 valence electrons. The number of hydrogen-bond acceptors (Lipinski definition) is 5. The molecule has 0 bridgehead atoms. The third-order valence-electron chi connectivity index (χ3n) is 4.14. The maximum atomic E-state index is 13.1. The summed E-state index contributed by atoms with van der Waals surface area (Å²) in [5, 5.41) is 1.08. The topological polar surface area (TPSA) is 80.8 Å². The van der Waals surface area contributed by atoms with E-state index in [0.717, 1.165) is 11.5 Å². The zero-order valence-electron chi connectivity index (χ0n) is 15.3. The van der Waals surface area contributed by atoms with Gasteiger partial charge in [-0.1, -0.05) is 30.3 Å². The first-order valence-electron chi connectivity index (χ1n) is 8.72. The van der Waals surface area contributed by atoms with E-state index in [1.165, 1.54) is 35.3 Å². The summed E-state index contributed by atoms with van der Waals surface area (Å²) in [4.78, 5) is 25.9. The van der Waals surface area contributed by atoms with E-state index < -0.39 is 40.2 Å². The molecule has 29 heavy (non-hydrogen) atoms. The van der Waals surface area contributed by atoms with Crippen LogP contribution in [0.1, 0.15) is 5.56 Å². The van der Waals surface area contributed by atoms with E-state index in [9.17, 15) is 22.4 Å². The molecule has 8 heteroatoms. The first kappa shape index (κ1) is 20.5. The van der Waals surface area contributed by atoms with Crippen LogP contribution < -0.4 is 4.90 Å². The average Bonchev–Trinajstić information content (AvgIpc) is 3.05. The Labute approximate surface area is 167 Å². The van der Waals surface area contributed by atoms with E-state index in [0.29, 0.717) is 11.3 Å². The van der Waals surface area contributed by atoms with Crippen molar-refractivity contribution in [1.29, 1.82) is 0 Å². The monoisotopic (exact) mass is 415 g/mol. The third kappa shape index (κ3) is 5.61. The third-order valence-corrected chi connectivity index (χ3v) is 5.52. The van der Waals surface area contributed by atoms with Crippen LogP contribution in [0.15, 0.2) is 72.2 Å². The van der Waals surface area contributed by atoms with Gasteiger partial charge in [0.05, 0.1) is 11.8 Å². The molecule has 6 nitrogen and oxygen atoms in total. The lowest BCUT2D eigenvalue weighted by atomic mass is 10.2. The first-order valence-corrected chi connectivity index (χ1v) is 10.4. The Morgan fingerprint density at radius 3 is 2.55 bits per heavy atom. The van der Waals surface area contributed by atoms with E-state index in [1.807, 2.05) is 0 Å². The van der Waals surface area contributed by atoms with Gasteiger partial charge in [-0.25, -0.2) is 17.6 Å². The van der Waals surface area contributed by atoms with Crippen LogP contribution in [0.5, 0.6) is 0 Å². The van der Waals surface area contributed by atoms with E-state index >= 15 is 0 Å². The molecule has 0 saturated carbocycles. The summed E-state index contributed by atoms with van der Waals surface area (Å²) in [6.45, 7) is -0.564. The van der Waals surface area contributed by atoms with Crippen molar-refractivity contribution < 1.29 is 27.1 Å². The summed E-state index contributed by atoms with van der Waals surface area (Å²) in [5.41, 5.74) is 0.969. The molecule has 1 amide bonds. The van der Waals surface area contributed by atoms with Crippen molar-refractivity contribution in [1.82, 2.24) is 0 Å². The van der Waals surface area contributed by atoms with Crippen LogP contribution in [0.3, 0.4) is 0 Å². The van der Waals surface area contributed by atoms with Crippen LogP contribution in [0.2, 0.25) is 0 Å². The summed E-state index contributed by atoms with van der Waals surface area (Å²) in [6, 6.07) is 13.5. The molecule has 0 spiro atoms. The minimum atomic E-state index is -3.38. The van der Waals surface area contributed by atoms with Crippen LogP contribution in [-0.2, 0) is 24.2 Å². The van der Waals surface area contributed by atoms with E-state index in [1.54, 1.807) is 36.4 Å². The lowest BCUT2D eigenvalue weighted by Gasteiger charge is -2.27. The van der Waals surface area contributed by atoms with Gasteiger partial charge in [0.25, 0.3) is 5.91 Å². The molecule has 0 radical (unpaired) electrons. The Morgan fingerprint density at radius 1 is 1.14 bits per heavy atom. The van der Waals surface area contributed by atoms with Crippen molar-refractivity contribution >= 4 is 33.5 Å². The molecule has 0 fully saturated rings. The van der Waals surface area contributed by atoms with E-state index in [-0.39, 0.29) is 5.75 Å². The highest BCUT2D eigenvalue weighted by atomic mass is 32.2. The molecular weight excluding hydrogens is 397 g/mol. The van der Waals surface area contributed by atoms with Gasteiger partial charge in [-0.3, -0.25) is 4.79 Å². The smallest absolute Gasteiger partial charge is 0.331 e. The highest BCUT2D eigenvalue weighted by molar-refractivity contribution is 7.94. The number of anilines is 1. The van der Waals surface area contributed by atoms with Crippen molar-refractivity contribution in [2.45, 2.75) is 6.04 Å². The summed E-state index contributed by atoms with van der Waals surface area (Å²) >= 11 is 0. The van der Waals surface area contributed by atoms with Crippen molar-refractivity contribution in [2.24, 2.45) is 0 Å². The van der Waals surface area contributed by atoms with E-state index in [2.05, 4.69) is 0 Å². The standard InChI is InChI=1S/C21H18FNO5S/c22-17-6-4-5-16(13-17)9-10-21(25)28-14-20(24)23(18-7-2-1-3-8-18)19-11-12-29(26,27)15-19/h1-13,19H,14-15H2/b10-9+. The molecule has 0 N–H and O–H groups in total. The summed E-state index contributed by atoms with van der Waals surface area (Å²) in [5.74, 6) is -2.00. The van der Waals surface area contributed by atoms with Gasteiger partial charge in [0, 0.05) is 17.2 Å². The lowest BCUT2D eigenvalue weighted by Crippen LogP contribution is -2.43. The minimum absolute atomic E-state index is 0.235. The molecule has 3 rings (SSSR count). The number of hydrogen-bond donors (Lipinski definition) is 0. The van der Waals surface area contributed by atoms with Crippen LogP contribution in [0.25, 0.3) is 6.08 Å². The lowest BCUT2D eigenvalue weighted by molar-refractivity contribution is -0.143. The van der Waals surface area contributed by atoms with E-state index in [4.69, 9.17) is 4.74 Å². The number of esters is 1. The zero-order valence-corrected chi connectivity index (χ0v) is 16.1. The largest absolute Gasteiger partial charge is 0.452 e. The van der Waals surface area contributed by atoms with Gasteiger partial charge < -0.3 is 9.64 Å². The number of carbonyl (C=O) groups excluding carboxylic acids is 2. The molecule has 1 heterocycles. The van der Waals surface area contributed by atoms with Crippen LogP contribution >= 0.6 is 0 Å². The van der Waals surface area contributed by atoms with Crippen molar-refractivity contribution in [3.8, 4) is 0 Å². The van der Waals surface area contributed by atoms with Crippen LogP contribution in [0.4, 0.5) is 10.1 Å². The van der Waals surface area contributed by atoms with Gasteiger partial charge >= 0.3 is 5.97 Å². The molecule has 1 aliphatic rings. The second-order valence-electron chi connectivity index (χ2n) is 6.32. The van der Waals surface area contributed by atoms with Gasteiger partial charge in [0.2, 0.25) is 0 Å². The number of benzene rings is 2. The average molecular weight is 415 g/mol. The van der Waals surface area contributed by atoms with Gasteiger partial charge in [-0.15, -0.1) is 0 Å². The molecule has 0 aromatic heterocycles. The van der Waals surface area contributed by atoms with Crippen LogP contribution in [-0.4, -0.2) is 38.7 Å². The molecule has 2 aromatic rings. The first-order chi connectivity index (χ1) is 13.8. The second-order valence-corrected chi connectivity index (χ2v) is 8.25. The molecular formula is C21H18FNO5S.